The van der Waals surface area contributed by atoms with Crippen LogP contribution < -0.4 is 0 Å². The molecule has 2 heteroatoms. The van der Waals surface area contributed by atoms with E-state index in [1.54, 1.807) is 6.07 Å². The molecule has 1 aromatic carbocycles. The molecule has 0 N–H and O–H groups in total. The van der Waals surface area contributed by atoms with Crippen molar-refractivity contribution in [3.05, 3.63) is 41.7 Å². The van der Waals surface area contributed by atoms with Crippen molar-refractivity contribution in [3.8, 4) is 0 Å². The summed E-state index contributed by atoms with van der Waals surface area (Å²) in [4.78, 5) is 0. The molecule has 1 atom stereocenters. The quantitative estimate of drug-likeness (QED) is 0.615. The Morgan fingerprint density at radius 3 is 2.71 bits per heavy atom. The smallest absolute Gasteiger partial charge is 0.130 e. The van der Waals surface area contributed by atoms with E-state index < -0.39 is 0 Å². The molecule has 14 heavy (non-hydrogen) atoms. The van der Waals surface area contributed by atoms with Crippen LogP contribution >= 0.6 is 11.6 Å². The van der Waals surface area contributed by atoms with Crippen LogP contribution in [0.3, 0.4) is 0 Å². The first-order valence-corrected chi connectivity index (χ1v) is 5.29. The third-order valence-corrected chi connectivity index (χ3v) is 2.96. The molecule has 1 aliphatic rings. The maximum Gasteiger partial charge on any atom is 0.130 e. The van der Waals surface area contributed by atoms with Crippen molar-refractivity contribution in [2.45, 2.75) is 24.6 Å². The molecule has 0 amide bonds. The van der Waals surface area contributed by atoms with Gasteiger partial charge in [0.2, 0.25) is 0 Å². The number of allylic oxidation sites excluding steroid dienone is 2. The van der Waals surface area contributed by atoms with Gasteiger partial charge in [-0.1, -0.05) is 24.3 Å². The van der Waals surface area contributed by atoms with Crippen LogP contribution in [-0.4, -0.2) is 5.38 Å². The summed E-state index contributed by atoms with van der Waals surface area (Å²) in [6, 6.07) is 6.91. The fourth-order valence-electron chi connectivity index (χ4n) is 1.77. The van der Waals surface area contributed by atoms with Crippen LogP contribution in [0.5, 0.6) is 0 Å². The summed E-state index contributed by atoms with van der Waals surface area (Å²) in [5, 5.41) is 0.227. The number of alkyl halides is 1. The van der Waals surface area contributed by atoms with E-state index in [2.05, 4.69) is 6.08 Å². The summed E-state index contributed by atoms with van der Waals surface area (Å²) in [7, 11) is 0. The molecule has 2 rings (SSSR count). The highest BCUT2D eigenvalue weighted by Crippen LogP contribution is 2.30. The fourth-order valence-corrected chi connectivity index (χ4v) is 1.97. The Labute approximate surface area is 88.4 Å². The lowest BCUT2D eigenvalue weighted by atomic mass is 9.93. The van der Waals surface area contributed by atoms with Crippen molar-refractivity contribution >= 4 is 17.2 Å². The second kappa shape index (κ2) is 4.14. The Morgan fingerprint density at radius 1 is 1.29 bits per heavy atom. The zero-order valence-electron chi connectivity index (χ0n) is 7.84. The van der Waals surface area contributed by atoms with Gasteiger partial charge in [0.1, 0.15) is 5.82 Å². The van der Waals surface area contributed by atoms with Gasteiger partial charge in [-0.15, -0.1) is 11.6 Å². The topological polar surface area (TPSA) is 0 Å². The molecule has 0 fully saturated rings. The highest BCUT2D eigenvalue weighted by Gasteiger charge is 2.14. The van der Waals surface area contributed by atoms with Crippen LogP contribution in [0.2, 0.25) is 0 Å². The van der Waals surface area contributed by atoms with Crippen LogP contribution in [-0.2, 0) is 0 Å². The summed E-state index contributed by atoms with van der Waals surface area (Å²) in [5.41, 5.74) is 1.83. The molecular weight excluding hydrogens is 199 g/mol. The molecule has 0 radical (unpaired) electrons. The average molecular weight is 211 g/mol. The van der Waals surface area contributed by atoms with Gasteiger partial charge in [-0.25, -0.2) is 4.39 Å². The largest absolute Gasteiger partial charge is 0.206 e. The molecule has 0 bridgehead atoms. The van der Waals surface area contributed by atoms with E-state index in [1.807, 2.05) is 12.1 Å². The van der Waals surface area contributed by atoms with Gasteiger partial charge in [0.05, 0.1) is 0 Å². The number of benzene rings is 1. The van der Waals surface area contributed by atoms with Crippen molar-refractivity contribution in [1.82, 2.24) is 0 Å². The van der Waals surface area contributed by atoms with E-state index in [9.17, 15) is 4.39 Å². The maximum atomic E-state index is 13.4. The lowest BCUT2D eigenvalue weighted by Gasteiger charge is -2.17. The maximum absolute atomic E-state index is 13.4. The van der Waals surface area contributed by atoms with Crippen LogP contribution in [0.25, 0.3) is 5.57 Å². The van der Waals surface area contributed by atoms with E-state index in [-0.39, 0.29) is 11.2 Å². The summed E-state index contributed by atoms with van der Waals surface area (Å²) in [5.74, 6) is -0.133. The van der Waals surface area contributed by atoms with E-state index in [0.717, 1.165) is 30.4 Å². The molecule has 0 spiro atoms. The third-order valence-electron chi connectivity index (χ3n) is 2.57. The third kappa shape index (κ3) is 1.98. The molecule has 74 valence electrons. The summed E-state index contributed by atoms with van der Waals surface area (Å²) in [6.45, 7) is 0. The van der Waals surface area contributed by atoms with Gasteiger partial charge in [0.15, 0.2) is 0 Å². The Balaban J connectivity index is 2.28. The van der Waals surface area contributed by atoms with E-state index >= 15 is 0 Å². The minimum absolute atomic E-state index is 0.133. The first-order chi connectivity index (χ1) is 6.77. The zero-order chi connectivity index (χ0) is 9.97. The van der Waals surface area contributed by atoms with E-state index in [0.29, 0.717) is 0 Å². The molecule has 1 unspecified atom stereocenters. The van der Waals surface area contributed by atoms with Gasteiger partial charge in [0.25, 0.3) is 0 Å². The lowest BCUT2D eigenvalue weighted by molar-refractivity contribution is 0.621. The Hall–Kier alpha value is -0.820. The van der Waals surface area contributed by atoms with Crippen LogP contribution in [0, 0.1) is 5.82 Å². The molecule has 0 saturated carbocycles. The van der Waals surface area contributed by atoms with Crippen LogP contribution in [0.15, 0.2) is 30.3 Å². The summed E-state index contributed by atoms with van der Waals surface area (Å²) in [6.07, 6.45) is 4.74. The predicted molar refractivity (Wildman–Crippen MR) is 57.9 cm³/mol. The summed E-state index contributed by atoms with van der Waals surface area (Å²) >= 11 is 5.97. The molecule has 0 saturated heterocycles. The van der Waals surface area contributed by atoms with Gasteiger partial charge >= 0.3 is 0 Å². The van der Waals surface area contributed by atoms with Crippen LogP contribution in [0.4, 0.5) is 4.39 Å². The predicted octanol–water partition coefficient (Wildman–Crippen LogP) is 4.00. The fraction of sp³-hybridized carbons (Fsp3) is 0.333. The molecule has 0 aliphatic heterocycles. The lowest BCUT2D eigenvalue weighted by Crippen LogP contribution is -2.04. The first-order valence-electron chi connectivity index (χ1n) is 4.85. The molecular formula is C12H12ClF. The minimum Gasteiger partial charge on any atom is -0.206 e. The van der Waals surface area contributed by atoms with Gasteiger partial charge in [-0.2, -0.15) is 0 Å². The van der Waals surface area contributed by atoms with Crippen molar-refractivity contribution < 1.29 is 4.39 Å². The van der Waals surface area contributed by atoms with Gasteiger partial charge in [-0.3, -0.25) is 0 Å². The number of hydrogen-bond donors (Lipinski definition) is 0. The minimum atomic E-state index is -0.133. The Morgan fingerprint density at radius 2 is 2.07 bits per heavy atom. The second-order valence-electron chi connectivity index (χ2n) is 3.58. The highest BCUT2D eigenvalue weighted by atomic mass is 35.5. The Kier molecular flexibility index (Phi) is 2.87. The monoisotopic (exact) mass is 210 g/mol. The van der Waals surface area contributed by atoms with E-state index in [4.69, 9.17) is 11.6 Å². The number of halogens is 2. The second-order valence-corrected chi connectivity index (χ2v) is 4.20. The summed E-state index contributed by atoms with van der Waals surface area (Å²) < 4.78 is 13.4. The van der Waals surface area contributed by atoms with Crippen molar-refractivity contribution in [2.75, 3.05) is 0 Å². The molecule has 0 nitrogen and oxygen atoms in total. The van der Waals surface area contributed by atoms with Gasteiger partial charge in [-0.05, 0) is 30.9 Å². The zero-order valence-corrected chi connectivity index (χ0v) is 8.60. The van der Waals surface area contributed by atoms with Crippen molar-refractivity contribution in [3.63, 3.8) is 0 Å². The highest BCUT2D eigenvalue weighted by molar-refractivity contribution is 6.20. The normalized spacial score (nSPS) is 21.9. The number of hydrogen-bond acceptors (Lipinski definition) is 0. The van der Waals surface area contributed by atoms with Gasteiger partial charge in [0, 0.05) is 10.9 Å². The van der Waals surface area contributed by atoms with Crippen LogP contribution in [0.1, 0.15) is 24.8 Å². The van der Waals surface area contributed by atoms with E-state index in [1.165, 1.54) is 6.07 Å². The molecule has 1 aliphatic carbocycles. The Bertz CT molecular complexity index is 357. The number of rotatable bonds is 1. The standard InChI is InChI=1S/C12H12ClF/c13-10-7-5-9(6-8-10)11-3-1-2-4-12(11)14/h1-5,10H,6-8H2. The van der Waals surface area contributed by atoms with Crippen molar-refractivity contribution in [1.29, 1.82) is 0 Å². The molecule has 0 heterocycles. The first kappa shape index (κ1) is 9.72. The molecule has 0 aromatic heterocycles. The SMILES string of the molecule is Fc1ccccc1C1=CCC(Cl)CC1. The van der Waals surface area contributed by atoms with Gasteiger partial charge < -0.3 is 0 Å². The van der Waals surface area contributed by atoms with Crippen molar-refractivity contribution in [2.24, 2.45) is 0 Å². The molecule has 1 aromatic rings. The average Bonchev–Trinajstić information content (AvgIpc) is 2.20.